The smallest absolute Gasteiger partial charge is 0.266 e. The Bertz CT molecular complexity index is 734. The minimum atomic E-state index is -1.34. The van der Waals surface area contributed by atoms with Crippen molar-refractivity contribution in [2.75, 3.05) is 19.1 Å². The molecule has 6 nitrogen and oxygen atoms in total. The van der Waals surface area contributed by atoms with Crippen molar-refractivity contribution in [2.45, 2.75) is 12.5 Å². The molecular weight excluding hydrogens is 382 g/mol. The monoisotopic (exact) mass is 398 g/mol. The van der Waals surface area contributed by atoms with E-state index in [0.29, 0.717) is 11.3 Å². The first-order valence-corrected chi connectivity index (χ1v) is 9.85. The summed E-state index contributed by atoms with van der Waals surface area (Å²) in [6.45, 7) is 0. The van der Waals surface area contributed by atoms with Gasteiger partial charge in [-0.3, -0.25) is 9.69 Å². The second kappa shape index (κ2) is 8.59. The van der Waals surface area contributed by atoms with Crippen LogP contribution in [0.2, 0.25) is 0 Å². The molecule has 2 rings (SSSR count). The van der Waals surface area contributed by atoms with E-state index in [1.807, 2.05) is 6.26 Å². The highest BCUT2D eigenvalue weighted by molar-refractivity contribution is 8.26. The number of amides is 1. The van der Waals surface area contributed by atoms with E-state index in [1.165, 1.54) is 24.9 Å². The maximum Gasteiger partial charge on any atom is 0.266 e. The number of carboxylic acid groups (broad SMARTS) is 1. The van der Waals surface area contributed by atoms with E-state index in [-0.39, 0.29) is 27.1 Å². The van der Waals surface area contributed by atoms with Crippen LogP contribution in [-0.4, -0.2) is 51.4 Å². The quantitative estimate of drug-likeness (QED) is 0.546. The minimum Gasteiger partial charge on any atom is -0.548 e. The summed E-state index contributed by atoms with van der Waals surface area (Å²) < 4.78 is 5.20. The van der Waals surface area contributed by atoms with Crippen LogP contribution in [0.5, 0.6) is 11.5 Å². The summed E-state index contributed by atoms with van der Waals surface area (Å²) in [6, 6.07) is 3.78. The number of aliphatic carboxylic acids is 1. The van der Waals surface area contributed by atoms with Crippen LogP contribution in [0.4, 0.5) is 0 Å². The normalized spacial score (nSPS) is 17.2. The number of aromatic hydroxyl groups is 1. The predicted octanol–water partition coefficient (Wildman–Crippen LogP) is 1.47. The molecule has 0 bridgehead atoms. The highest BCUT2D eigenvalue weighted by Crippen LogP contribution is 2.37. The average molecular weight is 399 g/mol. The number of thioether (sulfide) groups is 2. The molecule has 1 heterocycles. The Balaban J connectivity index is 2.33. The van der Waals surface area contributed by atoms with Gasteiger partial charge in [0.05, 0.1) is 24.0 Å². The topological polar surface area (TPSA) is 89.9 Å². The Morgan fingerprint density at radius 2 is 2.28 bits per heavy atom. The van der Waals surface area contributed by atoms with Crippen molar-refractivity contribution in [2.24, 2.45) is 0 Å². The van der Waals surface area contributed by atoms with Gasteiger partial charge in [-0.25, -0.2) is 0 Å². The Labute approximate surface area is 159 Å². The zero-order valence-electron chi connectivity index (χ0n) is 13.6. The molecule has 1 aromatic rings. The fourth-order valence-electron chi connectivity index (χ4n) is 2.29. The Morgan fingerprint density at radius 3 is 2.88 bits per heavy atom. The number of ether oxygens (including phenoxy) is 1. The van der Waals surface area contributed by atoms with Gasteiger partial charge in [0.2, 0.25) is 0 Å². The molecule has 0 aromatic heterocycles. The first-order chi connectivity index (χ1) is 11.9. The molecule has 1 aliphatic heterocycles. The first-order valence-electron chi connectivity index (χ1n) is 7.23. The molecule has 134 valence electrons. The van der Waals surface area contributed by atoms with Gasteiger partial charge in [-0.2, -0.15) is 11.8 Å². The lowest BCUT2D eigenvalue weighted by atomic mass is 10.1. The molecule has 9 heteroatoms. The van der Waals surface area contributed by atoms with Crippen molar-refractivity contribution in [1.29, 1.82) is 0 Å². The number of hydrogen-bond donors (Lipinski definition) is 1. The summed E-state index contributed by atoms with van der Waals surface area (Å²) in [5, 5.41) is 21.6. The SMILES string of the molecule is COc1cccc(/C=C2\SC(=S)N([C@@H](CCSC)C(=O)[O-])C2=O)c1O. The van der Waals surface area contributed by atoms with Crippen molar-refractivity contribution in [3.8, 4) is 11.5 Å². The number of phenolic OH excluding ortho intramolecular Hbond substituents is 1. The standard InChI is InChI=1S/C16H17NO5S3/c1-22-11-5-3-4-9(13(11)18)8-12-14(19)17(16(23)25-12)10(15(20)21)6-7-24-2/h3-5,8,10,18H,6-7H2,1-2H3,(H,20,21)/p-1/b12-8-/t10-/m0/s1. The van der Waals surface area contributed by atoms with Crippen molar-refractivity contribution >= 4 is 58.0 Å². The van der Waals surface area contributed by atoms with Gasteiger partial charge >= 0.3 is 0 Å². The first kappa shape index (κ1) is 19.6. The van der Waals surface area contributed by atoms with E-state index in [1.54, 1.807) is 18.2 Å². The number of carboxylic acids is 1. The molecule has 0 radical (unpaired) electrons. The molecule has 0 saturated carbocycles. The van der Waals surface area contributed by atoms with Crippen LogP contribution in [0.15, 0.2) is 23.1 Å². The molecule has 1 atom stereocenters. The maximum absolute atomic E-state index is 12.6. The van der Waals surface area contributed by atoms with Crippen LogP contribution in [0.3, 0.4) is 0 Å². The summed E-state index contributed by atoms with van der Waals surface area (Å²) in [6.07, 6.45) is 3.56. The maximum atomic E-state index is 12.6. The minimum absolute atomic E-state index is 0.103. The second-order valence-electron chi connectivity index (χ2n) is 5.07. The number of rotatable bonds is 7. The van der Waals surface area contributed by atoms with Crippen molar-refractivity contribution in [3.05, 3.63) is 28.7 Å². The van der Waals surface area contributed by atoms with Gasteiger partial charge in [-0.15, -0.1) is 0 Å². The van der Waals surface area contributed by atoms with Crippen LogP contribution in [0, 0.1) is 0 Å². The largest absolute Gasteiger partial charge is 0.548 e. The number of para-hydroxylation sites is 1. The van der Waals surface area contributed by atoms with Gasteiger partial charge in [0.25, 0.3) is 5.91 Å². The zero-order chi connectivity index (χ0) is 18.6. The summed E-state index contributed by atoms with van der Waals surface area (Å²) in [4.78, 5) is 25.4. The van der Waals surface area contributed by atoms with Crippen LogP contribution in [-0.2, 0) is 9.59 Å². The van der Waals surface area contributed by atoms with Gasteiger partial charge in [0.15, 0.2) is 11.5 Å². The lowest BCUT2D eigenvalue weighted by Gasteiger charge is -2.27. The number of hydrogen-bond acceptors (Lipinski definition) is 8. The lowest BCUT2D eigenvalue weighted by Crippen LogP contribution is -2.50. The molecule has 1 aromatic carbocycles. The molecule has 0 aliphatic carbocycles. The van der Waals surface area contributed by atoms with E-state index in [0.717, 1.165) is 16.7 Å². The number of phenols is 1. The van der Waals surface area contributed by atoms with Crippen LogP contribution in [0.1, 0.15) is 12.0 Å². The van der Waals surface area contributed by atoms with Gasteiger partial charge in [0.1, 0.15) is 4.32 Å². The highest BCUT2D eigenvalue weighted by Gasteiger charge is 2.37. The molecule has 1 aliphatic rings. The highest BCUT2D eigenvalue weighted by atomic mass is 32.2. The summed E-state index contributed by atoms with van der Waals surface area (Å²) in [5.41, 5.74) is 0.383. The molecular formula is C16H16NO5S3-. The van der Waals surface area contributed by atoms with Gasteiger partial charge in [-0.1, -0.05) is 36.1 Å². The van der Waals surface area contributed by atoms with E-state index >= 15 is 0 Å². The number of methoxy groups -OCH3 is 1. The lowest BCUT2D eigenvalue weighted by molar-refractivity contribution is -0.310. The van der Waals surface area contributed by atoms with Crippen molar-refractivity contribution < 1.29 is 24.5 Å². The molecule has 1 N–H and O–H groups in total. The zero-order valence-corrected chi connectivity index (χ0v) is 16.0. The Morgan fingerprint density at radius 1 is 1.56 bits per heavy atom. The van der Waals surface area contributed by atoms with Gasteiger partial charge in [-0.05, 0) is 30.6 Å². The molecule has 1 amide bonds. The molecule has 1 fully saturated rings. The second-order valence-corrected chi connectivity index (χ2v) is 7.73. The summed E-state index contributed by atoms with van der Waals surface area (Å²) in [7, 11) is 1.43. The average Bonchev–Trinajstić information content (AvgIpc) is 2.84. The van der Waals surface area contributed by atoms with E-state index < -0.39 is 17.9 Å². The van der Waals surface area contributed by atoms with E-state index in [4.69, 9.17) is 17.0 Å². The van der Waals surface area contributed by atoms with Gasteiger partial charge < -0.3 is 19.7 Å². The Hall–Kier alpha value is -1.71. The Kier molecular flexibility index (Phi) is 6.74. The van der Waals surface area contributed by atoms with E-state index in [9.17, 15) is 19.8 Å². The number of nitrogens with zero attached hydrogens (tertiary/aromatic N) is 1. The molecule has 1 saturated heterocycles. The number of carbonyl (C=O) groups excluding carboxylic acids is 2. The van der Waals surface area contributed by atoms with E-state index in [2.05, 4.69) is 0 Å². The molecule has 0 spiro atoms. The fraction of sp³-hybridized carbons (Fsp3) is 0.312. The fourth-order valence-corrected chi connectivity index (χ4v) is 4.10. The van der Waals surface area contributed by atoms with Crippen LogP contribution < -0.4 is 9.84 Å². The summed E-state index contributed by atoms with van der Waals surface area (Å²) in [5.74, 6) is -1.11. The number of thiocarbonyl (C=S) groups is 1. The number of carbonyl (C=O) groups is 2. The predicted molar refractivity (Wildman–Crippen MR) is 101 cm³/mol. The third-order valence-electron chi connectivity index (χ3n) is 3.54. The molecule has 0 unspecified atom stereocenters. The molecule has 25 heavy (non-hydrogen) atoms. The van der Waals surface area contributed by atoms with Crippen molar-refractivity contribution in [3.63, 3.8) is 0 Å². The van der Waals surface area contributed by atoms with Crippen LogP contribution >= 0.6 is 35.7 Å². The third-order valence-corrected chi connectivity index (χ3v) is 5.51. The number of benzene rings is 1. The van der Waals surface area contributed by atoms with Gasteiger partial charge in [0, 0.05) is 5.56 Å². The van der Waals surface area contributed by atoms with Crippen LogP contribution in [0.25, 0.3) is 6.08 Å². The summed E-state index contributed by atoms with van der Waals surface area (Å²) >= 11 is 7.65. The van der Waals surface area contributed by atoms with Crippen molar-refractivity contribution in [1.82, 2.24) is 4.90 Å². The third kappa shape index (κ3) is 4.28.